The van der Waals surface area contributed by atoms with E-state index >= 15 is 0 Å². The maximum atomic E-state index is 13.5. The van der Waals surface area contributed by atoms with Gasteiger partial charge in [-0.15, -0.1) is 11.3 Å². The normalized spacial score (nSPS) is 14.5. The number of thioether (sulfide) groups is 1. The number of carboxylic acids is 1. The number of phenols is 1. The summed E-state index contributed by atoms with van der Waals surface area (Å²) in [6, 6.07) is 8.86. The van der Waals surface area contributed by atoms with Crippen LogP contribution in [0, 0.1) is 11.6 Å². The number of hydrogen-bond acceptors (Lipinski definition) is 7. The van der Waals surface area contributed by atoms with Crippen molar-refractivity contribution in [1.82, 2.24) is 4.90 Å². The fraction of sp³-hybridized carbons (Fsp3) is 0.0833. The Hall–Kier alpha value is -3.61. The highest BCUT2D eigenvalue weighted by Crippen LogP contribution is 2.35. The average molecular weight is 547 g/mol. The third-order valence-electron chi connectivity index (χ3n) is 5.10. The second-order valence-corrected chi connectivity index (χ2v) is 10.2. The van der Waals surface area contributed by atoms with Crippen molar-refractivity contribution in [1.29, 1.82) is 0 Å². The lowest BCUT2D eigenvalue weighted by molar-refractivity contribution is -0.122. The van der Waals surface area contributed by atoms with Gasteiger partial charge >= 0.3 is 5.97 Å². The summed E-state index contributed by atoms with van der Waals surface area (Å²) >= 11 is 7.68. The number of thiocarbonyl (C=S) groups is 1. The van der Waals surface area contributed by atoms with E-state index in [1.807, 2.05) is 0 Å². The molecule has 1 aromatic heterocycles. The van der Waals surface area contributed by atoms with Crippen molar-refractivity contribution in [2.45, 2.75) is 6.42 Å². The van der Waals surface area contributed by atoms with E-state index in [0.29, 0.717) is 20.9 Å². The van der Waals surface area contributed by atoms with Gasteiger partial charge in [-0.25, -0.2) is 13.6 Å². The number of carbonyl (C=O) groups is 3. The van der Waals surface area contributed by atoms with Crippen molar-refractivity contribution in [3.05, 3.63) is 74.8 Å². The van der Waals surface area contributed by atoms with Gasteiger partial charge in [0.15, 0.2) is 11.6 Å². The fourth-order valence-corrected chi connectivity index (χ4v) is 5.49. The Balaban J connectivity index is 1.40. The first-order chi connectivity index (χ1) is 17.1. The molecule has 1 saturated heterocycles. The van der Waals surface area contributed by atoms with Crippen LogP contribution in [0.2, 0.25) is 0 Å². The van der Waals surface area contributed by atoms with Crippen molar-refractivity contribution in [3.8, 4) is 16.9 Å². The summed E-state index contributed by atoms with van der Waals surface area (Å²) in [5.41, 5.74) is 1.02. The minimum Gasteiger partial charge on any atom is -0.506 e. The van der Waals surface area contributed by atoms with Crippen LogP contribution in [0.1, 0.15) is 21.7 Å². The second kappa shape index (κ2) is 10.6. The van der Waals surface area contributed by atoms with Gasteiger partial charge in [0.05, 0.1) is 16.2 Å². The predicted octanol–water partition coefficient (Wildman–Crippen LogP) is 5.33. The molecular weight excluding hydrogens is 530 g/mol. The molecule has 3 aromatic rings. The van der Waals surface area contributed by atoms with E-state index in [2.05, 4.69) is 5.32 Å². The van der Waals surface area contributed by atoms with Crippen molar-refractivity contribution in [3.63, 3.8) is 0 Å². The molecule has 2 heterocycles. The Morgan fingerprint density at radius 2 is 1.86 bits per heavy atom. The number of nitrogens with zero attached hydrogens (tertiary/aromatic N) is 1. The van der Waals surface area contributed by atoms with E-state index in [1.54, 1.807) is 17.5 Å². The summed E-state index contributed by atoms with van der Waals surface area (Å²) < 4.78 is 27.0. The first-order valence-corrected chi connectivity index (χ1v) is 12.4. The van der Waals surface area contributed by atoms with Crippen LogP contribution >= 0.6 is 35.3 Å². The standard InChI is InChI=1S/C24H16F2N2O5S3/c25-16-3-1-12(8-17(16)26)14-7-15(35-11-14)10-20-22(31)28(24(34)36-20)6-5-21(30)27-18-9-13(23(32)33)2-4-19(18)29/h1-4,7-11,29H,5-6H2,(H,27,30)(H,32,33). The van der Waals surface area contributed by atoms with Crippen LogP contribution < -0.4 is 5.32 Å². The van der Waals surface area contributed by atoms with Gasteiger partial charge in [0.25, 0.3) is 5.91 Å². The van der Waals surface area contributed by atoms with E-state index in [1.165, 1.54) is 28.4 Å². The number of carboxylic acid groups (broad SMARTS) is 1. The molecular formula is C24H16F2N2O5S3. The van der Waals surface area contributed by atoms with Crippen LogP contribution in [0.15, 0.2) is 52.7 Å². The molecule has 0 bridgehead atoms. The maximum Gasteiger partial charge on any atom is 0.335 e. The third-order valence-corrected chi connectivity index (χ3v) is 7.36. The van der Waals surface area contributed by atoms with E-state index in [0.717, 1.165) is 36.0 Å². The zero-order valence-corrected chi connectivity index (χ0v) is 20.6. The minimum absolute atomic E-state index is 0.0161. The molecule has 0 unspecified atom stereocenters. The highest BCUT2D eigenvalue weighted by Gasteiger charge is 2.32. The third kappa shape index (κ3) is 5.61. The lowest BCUT2D eigenvalue weighted by Crippen LogP contribution is -2.31. The molecule has 2 aromatic carbocycles. The van der Waals surface area contributed by atoms with Crippen molar-refractivity contribution in [2.75, 3.05) is 11.9 Å². The number of amides is 2. The Morgan fingerprint density at radius 3 is 2.58 bits per heavy atom. The van der Waals surface area contributed by atoms with Crippen molar-refractivity contribution >= 4 is 69.2 Å². The SMILES string of the molecule is O=C(CCN1C(=O)C(=Cc2cc(-c3ccc(F)c(F)c3)cs2)SC1=S)Nc1cc(C(=O)O)ccc1O. The Labute approximate surface area is 217 Å². The van der Waals surface area contributed by atoms with Crippen molar-refractivity contribution in [2.24, 2.45) is 0 Å². The summed E-state index contributed by atoms with van der Waals surface area (Å²) in [4.78, 5) is 38.6. The summed E-state index contributed by atoms with van der Waals surface area (Å²) in [5.74, 6) is -4.30. The lowest BCUT2D eigenvalue weighted by Gasteiger charge is -2.14. The number of benzene rings is 2. The number of halogens is 2. The highest BCUT2D eigenvalue weighted by molar-refractivity contribution is 8.26. The van der Waals surface area contributed by atoms with Gasteiger partial charge in [0, 0.05) is 17.8 Å². The molecule has 4 rings (SSSR count). The first kappa shape index (κ1) is 25.5. The van der Waals surface area contributed by atoms with Gasteiger partial charge < -0.3 is 15.5 Å². The molecule has 0 aliphatic carbocycles. The van der Waals surface area contributed by atoms with Crippen LogP contribution in [-0.4, -0.2) is 43.8 Å². The minimum atomic E-state index is -1.21. The molecule has 3 N–H and O–H groups in total. The molecule has 0 radical (unpaired) electrons. The number of carbonyl (C=O) groups excluding carboxylic acids is 2. The Morgan fingerprint density at radius 1 is 1.08 bits per heavy atom. The molecule has 36 heavy (non-hydrogen) atoms. The van der Waals surface area contributed by atoms with Crippen LogP contribution in [0.5, 0.6) is 5.75 Å². The number of rotatable bonds is 7. The smallest absolute Gasteiger partial charge is 0.335 e. The molecule has 184 valence electrons. The Bertz CT molecular complexity index is 1440. The summed E-state index contributed by atoms with van der Waals surface area (Å²) in [6.45, 7) is -0.0161. The van der Waals surface area contributed by atoms with Gasteiger partial charge in [-0.3, -0.25) is 14.5 Å². The van der Waals surface area contributed by atoms with Crippen LogP contribution in [-0.2, 0) is 9.59 Å². The molecule has 0 spiro atoms. The molecule has 0 saturated carbocycles. The van der Waals surface area contributed by atoms with Gasteiger partial charge in [-0.1, -0.05) is 30.0 Å². The topological polar surface area (TPSA) is 107 Å². The predicted molar refractivity (Wildman–Crippen MR) is 138 cm³/mol. The molecule has 1 aliphatic rings. The number of anilines is 1. The number of thiophene rings is 1. The fourth-order valence-electron chi connectivity index (χ4n) is 3.27. The van der Waals surface area contributed by atoms with E-state index in [-0.39, 0.29) is 40.2 Å². The van der Waals surface area contributed by atoms with Crippen LogP contribution in [0.4, 0.5) is 14.5 Å². The molecule has 0 atom stereocenters. The number of phenolic OH excluding ortho intramolecular Hbond substituents is 1. The van der Waals surface area contributed by atoms with E-state index in [4.69, 9.17) is 17.3 Å². The zero-order valence-electron chi connectivity index (χ0n) is 18.2. The van der Waals surface area contributed by atoms with Crippen LogP contribution in [0.3, 0.4) is 0 Å². The molecule has 1 fully saturated rings. The zero-order chi connectivity index (χ0) is 26.0. The summed E-state index contributed by atoms with van der Waals surface area (Å²) in [6.07, 6.45) is 1.50. The molecule has 1 aliphatic heterocycles. The number of aromatic carboxylic acids is 1. The quantitative estimate of drug-likeness (QED) is 0.209. The van der Waals surface area contributed by atoms with E-state index < -0.39 is 23.5 Å². The summed E-state index contributed by atoms with van der Waals surface area (Å²) in [5, 5.41) is 23.1. The number of aromatic hydroxyl groups is 1. The average Bonchev–Trinajstić information content (AvgIpc) is 3.40. The highest BCUT2D eigenvalue weighted by atomic mass is 32.2. The van der Waals surface area contributed by atoms with E-state index in [9.17, 15) is 28.3 Å². The summed E-state index contributed by atoms with van der Waals surface area (Å²) in [7, 11) is 0. The molecule has 7 nitrogen and oxygen atoms in total. The van der Waals surface area contributed by atoms with Crippen molar-refractivity contribution < 1.29 is 33.4 Å². The van der Waals surface area contributed by atoms with Gasteiger partial charge in [0.2, 0.25) is 5.91 Å². The molecule has 12 heteroatoms. The first-order valence-electron chi connectivity index (χ1n) is 10.3. The number of nitrogens with one attached hydrogen (secondary N) is 1. The van der Waals surface area contributed by atoms with Crippen LogP contribution in [0.25, 0.3) is 17.2 Å². The van der Waals surface area contributed by atoms with Gasteiger partial charge in [0.1, 0.15) is 10.1 Å². The van der Waals surface area contributed by atoms with Gasteiger partial charge in [-0.05, 0) is 59.0 Å². The molecule has 2 amide bonds. The largest absolute Gasteiger partial charge is 0.506 e. The second-order valence-electron chi connectivity index (χ2n) is 7.54. The lowest BCUT2D eigenvalue weighted by atomic mass is 10.1. The van der Waals surface area contributed by atoms with Gasteiger partial charge in [-0.2, -0.15) is 0 Å². The Kier molecular flexibility index (Phi) is 7.48. The number of hydrogen-bond donors (Lipinski definition) is 3. The maximum absolute atomic E-state index is 13.5. The monoisotopic (exact) mass is 546 g/mol.